The number of hydrogen-bond donors (Lipinski definition) is 1. The van der Waals surface area contributed by atoms with Gasteiger partial charge in [0.25, 0.3) is 5.91 Å². The maximum Gasteiger partial charge on any atom is 0.349 e. The van der Waals surface area contributed by atoms with Crippen LogP contribution in [-0.2, 0) is 15.5 Å². The van der Waals surface area contributed by atoms with Crippen LogP contribution in [0.15, 0.2) is 42.6 Å². The molecule has 0 spiro atoms. The maximum absolute atomic E-state index is 15.0. The number of carbonyl (C=O) groups excluding carboxylic acids is 2. The van der Waals surface area contributed by atoms with E-state index in [1.54, 1.807) is 29.3 Å². The van der Waals surface area contributed by atoms with Crippen LogP contribution in [0.1, 0.15) is 31.2 Å². The molecule has 2 fully saturated rings. The molecule has 0 radical (unpaired) electrons. The number of carbonyl (C=O) groups is 2. The van der Waals surface area contributed by atoms with Crippen molar-refractivity contribution in [1.29, 1.82) is 5.26 Å². The molecule has 1 aliphatic heterocycles. The minimum absolute atomic E-state index is 0.135. The van der Waals surface area contributed by atoms with Crippen LogP contribution in [0.3, 0.4) is 0 Å². The van der Waals surface area contributed by atoms with Crippen molar-refractivity contribution in [3.63, 3.8) is 0 Å². The lowest BCUT2D eigenvalue weighted by molar-refractivity contribution is -0.160. The average molecular weight is 463 g/mol. The fourth-order valence-electron chi connectivity index (χ4n) is 4.47. The van der Waals surface area contributed by atoms with E-state index in [0.29, 0.717) is 29.9 Å². The summed E-state index contributed by atoms with van der Waals surface area (Å²) in [4.78, 5) is 34.6. The van der Waals surface area contributed by atoms with E-state index in [4.69, 9.17) is 5.26 Å². The number of anilines is 1. The van der Waals surface area contributed by atoms with Crippen molar-refractivity contribution in [2.45, 2.75) is 37.6 Å². The molecule has 1 aromatic carbocycles. The monoisotopic (exact) mass is 463 g/mol. The second kappa shape index (κ2) is 8.52. The highest BCUT2D eigenvalue weighted by molar-refractivity contribution is 5.96. The summed E-state index contributed by atoms with van der Waals surface area (Å²) in [6.45, 7) is 0.314. The Morgan fingerprint density at radius 1 is 1.18 bits per heavy atom. The Hall–Kier alpha value is -3.80. The highest BCUT2D eigenvalue weighted by Crippen LogP contribution is 2.37. The van der Waals surface area contributed by atoms with Gasteiger partial charge in [0.1, 0.15) is 11.5 Å². The van der Waals surface area contributed by atoms with Crippen LogP contribution in [0.5, 0.6) is 0 Å². The number of fused-ring (bicyclic) bond motifs is 1. The van der Waals surface area contributed by atoms with Gasteiger partial charge in [0.15, 0.2) is 0 Å². The number of hydrogen-bond acceptors (Lipinski definition) is 4. The zero-order chi connectivity index (χ0) is 23.9. The normalized spacial score (nSPS) is 16.9. The Bertz CT molecular complexity index is 1270. The standard InChI is InChI=1S/C25H23F2N5O2/c26-25(27,24(34)31-11-8-16(14-28)9-12-31)18-3-1-17(2-4-18)21-13-22(32(15-33)19-5-6-19)30-23-20(21)7-10-29-23/h1-4,7,10,13,15-16,19H,5-6,8-9,11-12H2,(H,29,30). The summed E-state index contributed by atoms with van der Waals surface area (Å²) in [6, 6.07) is 11.6. The molecule has 1 N–H and O–H groups in total. The number of alkyl halides is 2. The van der Waals surface area contributed by atoms with Crippen LogP contribution in [0, 0.1) is 17.2 Å². The number of aromatic nitrogens is 2. The van der Waals surface area contributed by atoms with E-state index in [0.717, 1.165) is 35.1 Å². The summed E-state index contributed by atoms with van der Waals surface area (Å²) < 4.78 is 30.1. The van der Waals surface area contributed by atoms with Crippen molar-refractivity contribution in [2.75, 3.05) is 18.0 Å². The van der Waals surface area contributed by atoms with Crippen molar-refractivity contribution in [3.8, 4) is 17.2 Å². The van der Waals surface area contributed by atoms with Crippen LogP contribution in [0.4, 0.5) is 14.6 Å². The van der Waals surface area contributed by atoms with Gasteiger partial charge in [-0.05, 0) is 48.9 Å². The Labute approximate surface area is 195 Å². The van der Waals surface area contributed by atoms with E-state index in [-0.39, 0.29) is 30.6 Å². The second-order valence-electron chi connectivity index (χ2n) is 8.86. The zero-order valence-electron chi connectivity index (χ0n) is 18.4. The van der Waals surface area contributed by atoms with Crippen LogP contribution in [0.2, 0.25) is 0 Å². The topological polar surface area (TPSA) is 93.1 Å². The van der Waals surface area contributed by atoms with E-state index in [1.807, 2.05) is 6.07 Å². The number of amides is 2. The molecule has 3 aromatic rings. The Morgan fingerprint density at radius 3 is 2.50 bits per heavy atom. The van der Waals surface area contributed by atoms with Crippen LogP contribution < -0.4 is 4.90 Å². The number of halogens is 2. The number of nitriles is 1. The van der Waals surface area contributed by atoms with Gasteiger partial charge < -0.3 is 9.88 Å². The number of likely N-dealkylation sites (tertiary alicyclic amines) is 1. The van der Waals surface area contributed by atoms with Crippen LogP contribution in [-0.4, -0.2) is 46.3 Å². The van der Waals surface area contributed by atoms with Crippen LogP contribution in [0.25, 0.3) is 22.2 Å². The molecule has 0 unspecified atom stereocenters. The minimum Gasteiger partial charge on any atom is -0.346 e. The summed E-state index contributed by atoms with van der Waals surface area (Å²) in [5.74, 6) is -4.58. The summed E-state index contributed by atoms with van der Waals surface area (Å²) in [7, 11) is 0. The van der Waals surface area contributed by atoms with Gasteiger partial charge in [0.05, 0.1) is 6.07 Å². The molecule has 2 aliphatic rings. The number of piperidine rings is 1. The number of benzene rings is 1. The molecule has 1 aliphatic carbocycles. The molecule has 5 rings (SSSR count). The second-order valence-corrected chi connectivity index (χ2v) is 8.86. The van der Waals surface area contributed by atoms with Gasteiger partial charge in [0, 0.05) is 42.2 Å². The van der Waals surface area contributed by atoms with Crippen molar-refractivity contribution in [1.82, 2.24) is 14.9 Å². The number of aromatic amines is 1. The van der Waals surface area contributed by atoms with Gasteiger partial charge in [-0.25, -0.2) is 4.98 Å². The minimum atomic E-state index is -3.66. The SMILES string of the molecule is N#CC1CCN(C(=O)C(F)(F)c2ccc(-c3cc(N(C=O)C4CC4)nc4[nH]ccc34)cc2)CC1. The van der Waals surface area contributed by atoms with E-state index in [9.17, 15) is 9.59 Å². The number of H-pyrrole nitrogens is 1. The number of nitrogens with zero attached hydrogens (tertiary/aromatic N) is 4. The van der Waals surface area contributed by atoms with Gasteiger partial charge in [-0.2, -0.15) is 14.0 Å². The third-order valence-electron chi connectivity index (χ3n) is 6.63. The highest BCUT2D eigenvalue weighted by Gasteiger charge is 2.44. The lowest BCUT2D eigenvalue weighted by Crippen LogP contribution is -2.45. The van der Waals surface area contributed by atoms with Gasteiger partial charge in [0.2, 0.25) is 6.41 Å². The molecular formula is C25H23F2N5O2. The summed E-state index contributed by atoms with van der Waals surface area (Å²) in [5, 5.41) is 9.80. The van der Waals surface area contributed by atoms with Crippen molar-refractivity contribution in [2.24, 2.45) is 5.92 Å². The predicted octanol–water partition coefficient (Wildman–Crippen LogP) is 4.21. The van der Waals surface area contributed by atoms with Gasteiger partial charge >= 0.3 is 5.92 Å². The van der Waals surface area contributed by atoms with E-state index in [1.165, 1.54) is 12.1 Å². The third-order valence-corrected chi connectivity index (χ3v) is 6.63. The Morgan fingerprint density at radius 2 is 1.88 bits per heavy atom. The fraction of sp³-hybridized carbons (Fsp3) is 0.360. The van der Waals surface area contributed by atoms with E-state index >= 15 is 8.78 Å². The molecule has 7 nitrogen and oxygen atoms in total. The first-order valence-corrected chi connectivity index (χ1v) is 11.3. The van der Waals surface area contributed by atoms with E-state index in [2.05, 4.69) is 16.0 Å². The maximum atomic E-state index is 15.0. The summed E-state index contributed by atoms with van der Waals surface area (Å²) >= 11 is 0. The van der Waals surface area contributed by atoms with Crippen molar-refractivity contribution in [3.05, 3.63) is 48.2 Å². The molecule has 34 heavy (non-hydrogen) atoms. The third kappa shape index (κ3) is 3.89. The van der Waals surface area contributed by atoms with Crippen LogP contribution >= 0.6 is 0 Å². The van der Waals surface area contributed by atoms with Gasteiger partial charge in [-0.1, -0.05) is 24.3 Å². The Kier molecular flexibility index (Phi) is 5.52. The molecule has 3 heterocycles. The first-order chi connectivity index (χ1) is 16.4. The number of nitrogens with one attached hydrogen (secondary N) is 1. The largest absolute Gasteiger partial charge is 0.349 e. The molecular weight excluding hydrogens is 440 g/mol. The predicted molar refractivity (Wildman–Crippen MR) is 122 cm³/mol. The molecule has 9 heteroatoms. The zero-order valence-corrected chi connectivity index (χ0v) is 18.4. The quantitative estimate of drug-likeness (QED) is 0.554. The molecule has 0 atom stereocenters. The smallest absolute Gasteiger partial charge is 0.346 e. The summed E-state index contributed by atoms with van der Waals surface area (Å²) in [6.07, 6.45) is 5.17. The molecule has 2 amide bonds. The van der Waals surface area contributed by atoms with Gasteiger partial charge in [-0.3, -0.25) is 14.5 Å². The number of rotatable bonds is 6. The highest BCUT2D eigenvalue weighted by atomic mass is 19.3. The lowest BCUT2D eigenvalue weighted by Gasteiger charge is -2.32. The first kappa shape index (κ1) is 22.0. The molecule has 1 saturated carbocycles. The molecule has 0 bridgehead atoms. The lowest BCUT2D eigenvalue weighted by atomic mass is 9.96. The molecule has 174 valence electrons. The Balaban J connectivity index is 1.43. The average Bonchev–Trinajstić information content (AvgIpc) is 3.59. The van der Waals surface area contributed by atoms with Gasteiger partial charge in [-0.15, -0.1) is 0 Å². The van der Waals surface area contributed by atoms with Crippen molar-refractivity contribution < 1.29 is 18.4 Å². The molecule has 1 saturated heterocycles. The van der Waals surface area contributed by atoms with E-state index < -0.39 is 11.8 Å². The summed E-state index contributed by atoms with van der Waals surface area (Å²) in [5.41, 5.74) is 1.66. The van der Waals surface area contributed by atoms with Crippen molar-refractivity contribution >= 4 is 29.2 Å². The fourth-order valence-corrected chi connectivity index (χ4v) is 4.47. The first-order valence-electron chi connectivity index (χ1n) is 11.3. The molecule has 2 aromatic heterocycles. The number of pyridine rings is 1.